The first kappa shape index (κ1) is 7.76. The van der Waals surface area contributed by atoms with Crippen LogP contribution in [-0.2, 0) is 0 Å². The van der Waals surface area contributed by atoms with Crippen molar-refractivity contribution in [3.63, 3.8) is 0 Å². The van der Waals surface area contributed by atoms with Crippen LogP contribution in [0.4, 0.5) is 25.8 Å². The lowest BCUT2D eigenvalue weighted by Gasteiger charge is -1.96. The zero-order valence-electron chi connectivity index (χ0n) is 3.22. The van der Waals surface area contributed by atoms with Crippen LogP contribution in [0.25, 0.3) is 0 Å². The summed E-state index contributed by atoms with van der Waals surface area (Å²) in [4.78, 5) is -5.34. The minimum Gasteiger partial charge on any atom is -0.180 e. The number of hydrogen-bond donors (Lipinski definition) is 0. The number of rotatable bonds is 1. The maximum absolute atomic E-state index is 10.5. The number of halogens is 6. The average molecular weight is 156 g/mol. The van der Waals surface area contributed by atoms with Gasteiger partial charge >= 0.3 is 9.24 Å². The highest BCUT2D eigenvalue weighted by Gasteiger charge is 2.78. The first-order valence-electron chi connectivity index (χ1n) is 1.30. The van der Waals surface area contributed by atoms with Gasteiger partial charge in [-0.3, -0.25) is 0 Å². The van der Waals surface area contributed by atoms with Gasteiger partial charge in [-0.15, -0.1) is 0 Å². The molecule has 0 saturated carbocycles. The fourth-order valence-corrected chi connectivity index (χ4v) is 0. The van der Waals surface area contributed by atoms with Crippen LogP contribution in [0.15, 0.2) is 0 Å². The molecular formula is F6NSi+. The SMILES string of the molecule is F[N+](F)(F)[Si](F)(F)F. The molecule has 0 saturated heterocycles. The van der Waals surface area contributed by atoms with E-state index in [0.29, 0.717) is 0 Å². The van der Waals surface area contributed by atoms with Gasteiger partial charge in [0, 0.05) is 0 Å². The van der Waals surface area contributed by atoms with Gasteiger partial charge in [-0.1, -0.05) is 0 Å². The van der Waals surface area contributed by atoms with E-state index < -0.39 is 14.1 Å². The predicted octanol–water partition coefficient (Wildman–Crippen LogP) is 1.80. The Bertz CT molecular complexity index is 63.5. The Labute approximate surface area is 41.1 Å². The molecule has 0 bridgehead atoms. The van der Waals surface area contributed by atoms with E-state index in [0.717, 1.165) is 0 Å². The predicted molar refractivity (Wildman–Crippen MR) is 12.7 cm³/mol. The molecular weight excluding hydrogens is 156 g/mol. The van der Waals surface area contributed by atoms with Crippen LogP contribution < -0.4 is 0 Å². The molecule has 0 aromatic rings. The minimum absolute atomic E-state index is 5.34. The van der Waals surface area contributed by atoms with Crippen LogP contribution in [0.2, 0.25) is 0 Å². The monoisotopic (exact) mass is 156 g/mol. The first-order chi connectivity index (χ1) is 3.25. The van der Waals surface area contributed by atoms with Gasteiger partial charge in [0.25, 0.3) is 4.81 Å². The summed E-state index contributed by atoms with van der Waals surface area (Å²) in [6.45, 7) is 0. The second-order valence-corrected chi connectivity index (χ2v) is 2.36. The van der Waals surface area contributed by atoms with Crippen molar-refractivity contribution in [3.05, 3.63) is 0 Å². The third-order valence-corrected chi connectivity index (χ3v) is 0.862. The van der Waals surface area contributed by atoms with Crippen molar-refractivity contribution in [1.82, 2.24) is 0 Å². The Morgan fingerprint density at radius 2 is 1.00 bits per heavy atom. The van der Waals surface area contributed by atoms with Crippen molar-refractivity contribution >= 4 is 9.24 Å². The molecule has 0 N–H and O–H groups in total. The molecule has 0 aliphatic carbocycles. The molecule has 0 radical (unpaired) electrons. The second kappa shape index (κ2) is 1.62. The Hall–Kier alpha value is -0.243. The van der Waals surface area contributed by atoms with Crippen LogP contribution >= 0.6 is 0 Å². The zero-order chi connectivity index (χ0) is 7.00. The van der Waals surface area contributed by atoms with Crippen molar-refractivity contribution < 1.29 is 30.6 Å². The molecule has 0 amide bonds. The summed E-state index contributed by atoms with van der Waals surface area (Å²) in [5.74, 6) is 0. The smallest absolute Gasteiger partial charge is 0.180 e. The normalized spacial score (nSPS) is 14.2. The Balaban J connectivity index is 4.02. The van der Waals surface area contributed by atoms with Crippen molar-refractivity contribution in [2.24, 2.45) is 0 Å². The maximum Gasteiger partial charge on any atom is 1.03 e. The van der Waals surface area contributed by atoms with Crippen LogP contribution in [0.3, 0.4) is 0 Å². The lowest BCUT2D eigenvalue weighted by molar-refractivity contribution is -1.21. The molecule has 0 heterocycles. The topological polar surface area (TPSA) is 0 Å². The molecule has 0 spiro atoms. The van der Waals surface area contributed by atoms with Gasteiger partial charge in [-0.05, 0) is 0 Å². The van der Waals surface area contributed by atoms with Crippen molar-refractivity contribution in [3.8, 4) is 0 Å². The molecule has 0 fully saturated rings. The summed E-state index contributed by atoms with van der Waals surface area (Å²) in [5.41, 5.74) is 0. The summed E-state index contributed by atoms with van der Waals surface area (Å²) in [7, 11) is -7.42. The van der Waals surface area contributed by atoms with Gasteiger partial charge in [-0.25, -0.2) is 0 Å². The Morgan fingerprint density at radius 3 is 1.00 bits per heavy atom. The van der Waals surface area contributed by atoms with Crippen LogP contribution in [-0.4, -0.2) is 14.1 Å². The largest absolute Gasteiger partial charge is 1.03 e. The van der Waals surface area contributed by atoms with Crippen LogP contribution in [0, 0.1) is 0 Å². The molecule has 8 heteroatoms. The minimum atomic E-state index is -7.42. The van der Waals surface area contributed by atoms with Crippen LogP contribution in [0.5, 0.6) is 0 Å². The molecule has 8 heavy (non-hydrogen) atoms. The molecule has 0 aromatic heterocycles. The summed E-state index contributed by atoms with van der Waals surface area (Å²) < 4.78 is 63.0. The molecule has 0 atom stereocenters. The molecule has 0 aliphatic rings. The molecule has 50 valence electrons. The first-order valence-corrected chi connectivity index (χ1v) is 2.88. The van der Waals surface area contributed by atoms with Gasteiger partial charge in [-0.2, -0.15) is 12.3 Å². The van der Waals surface area contributed by atoms with E-state index in [9.17, 15) is 25.8 Å². The van der Waals surface area contributed by atoms with E-state index in [2.05, 4.69) is 0 Å². The highest BCUT2D eigenvalue weighted by atomic mass is 28.5. The lowest BCUT2D eigenvalue weighted by atomic mass is 13.4. The average Bonchev–Trinajstić information content (AvgIpc) is 1.25. The van der Waals surface area contributed by atoms with Gasteiger partial charge < -0.3 is 0 Å². The van der Waals surface area contributed by atoms with Gasteiger partial charge in [0.1, 0.15) is 0 Å². The van der Waals surface area contributed by atoms with E-state index in [-0.39, 0.29) is 0 Å². The Morgan fingerprint density at radius 1 is 0.875 bits per heavy atom. The molecule has 0 aromatic carbocycles. The standard InChI is InChI=1S/F6NSi/c1-7(2,3)8(4,5)6/q+1. The third-order valence-electron chi connectivity index (χ3n) is 0.287. The summed E-state index contributed by atoms with van der Waals surface area (Å²) in [5, 5.41) is 0. The van der Waals surface area contributed by atoms with E-state index >= 15 is 0 Å². The third kappa shape index (κ3) is 1.70. The highest BCUT2D eigenvalue weighted by Crippen LogP contribution is 2.27. The maximum atomic E-state index is 10.5. The summed E-state index contributed by atoms with van der Waals surface area (Å²) in [6, 6.07) is 0. The Kier molecular flexibility index (Phi) is 1.57. The fraction of sp³-hybridized carbons (Fsp3) is 0. The quantitative estimate of drug-likeness (QED) is 0.235. The number of quaternary nitrogens is 1. The van der Waals surface area contributed by atoms with Crippen LogP contribution in [0.1, 0.15) is 0 Å². The number of nitrogens with zero attached hydrogens (tertiary/aromatic N) is 1. The van der Waals surface area contributed by atoms with E-state index in [4.69, 9.17) is 0 Å². The van der Waals surface area contributed by atoms with Crippen molar-refractivity contribution in [2.75, 3.05) is 0 Å². The van der Waals surface area contributed by atoms with Gasteiger partial charge in [0.2, 0.25) is 0 Å². The fourth-order valence-electron chi connectivity index (χ4n) is 0. The summed E-state index contributed by atoms with van der Waals surface area (Å²) >= 11 is 0. The lowest BCUT2D eigenvalue weighted by Crippen LogP contribution is -2.42. The van der Waals surface area contributed by atoms with Gasteiger partial charge in [0.05, 0.1) is 13.4 Å². The number of hydrogen-bond acceptors (Lipinski definition) is 0. The highest BCUT2D eigenvalue weighted by molar-refractivity contribution is 6.49. The van der Waals surface area contributed by atoms with E-state index in [1.165, 1.54) is 0 Å². The summed E-state index contributed by atoms with van der Waals surface area (Å²) in [6.07, 6.45) is 0. The van der Waals surface area contributed by atoms with E-state index in [1.54, 1.807) is 0 Å². The molecule has 0 aliphatic heterocycles. The molecule has 0 unspecified atom stereocenters. The van der Waals surface area contributed by atoms with Crippen molar-refractivity contribution in [1.29, 1.82) is 0 Å². The molecule has 1 nitrogen and oxygen atoms in total. The van der Waals surface area contributed by atoms with Gasteiger partial charge in [0.15, 0.2) is 0 Å². The second-order valence-electron chi connectivity index (χ2n) is 0.913. The molecule has 0 rings (SSSR count). The zero-order valence-corrected chi connectivity index (χ0v) is 4.22. The van der Waals surface area contributed by atoms with E-state index in [1.807, 2.05) is 0 Å². The van der Waals surface area contributed by atoms with Crippen molar-refractivity contribution in [2.45, 2.75) is 0 Å².